The highest BCUT2D eigenvalue weighted by Crippen LogP contribution is 2.15. The molecule has 4 heteroatoms. The van der Waals surface area contributed by atoms with Gasteiger partial charge in [-0.05, 0) is 17.7 Å². The second kappa shape index (κ2) is 8.99. The molecule has 0 bridgehead atoms. The van der Waals surface area contributed by atoms with Crippen molar-refractivity contribution in [2.24, 2.45) is 0 Å². The van der Waals surface area contributed by atoms with Crippen LogP contribution < -0.4 is 43.1 Å². The number of aromatic nitrogens is 2. The van der Waals surface area contributed by atoms with E-state index in [9.17, 15) is 0 Å². The lowest BCUT2D eigenvalue weighted by atomic mass is 10.1. The van der Waals surface area contributed by atoms with Gasteiger partial charge in [0.05, 0.1) is 0 Å². The summed E-state index contributed by atoms with van der Waals surface area (Å²) >= 11 is 0. The Morgan fingerprint density at radius 1 is 0.947 bits per heavy atom. The van der Waals surface area contributed by atoms with Crippen molar-refractivity contribution in [2.75, 3.05) is 0 Å². The minimum Gasteiger partial charge on any atom is -1.00 e. The Hall–Kier alpha value is -1.00. The molecule has 0 saturated heterocycles. The molecule has 0 N–H and O–H groups in total. The third kappa shape index (κ3) is 4.88. The highest BCUT2D eigenvalue weighted by Gasteiger charge is 2.03. The monoisotopic (exact) mass is 384 g/mol. The molecule has 0 aliphatic heterocycles. The van der Waals surface area contributed by atoms with E-state index in [1.54, 1.807) is 6.20 Å². The molecule has 0 aromatic carbocycles. The standard InChI is InChI=1S/C15H18N2.2BrH/c1-3-9-17-12-7-15(8-13-17)14-5-10-16(4-2)11-6-14;;/h4-8,10-13H,2-3,9H2,1H3;2*1H/q+2;;/p-2. The van der Waals surface area contributed by atoms with Crippen molar-refractivity contribution in [3.63, 3.8) is 0 Å². The highest BCUT2D eigenvalue weighted by atomic mass is 79.9. The third-order valence-electron chi connectivity index (χ3n) is 2.77. The molecule has 2 aromatic heterocycles. The van der Waals surface area contributed by atoms with Crippen LogP contribution in [0, 0.1) is 0 Å². The van der Waals surface area contributed by atoms with Gasteiger partial charge in [0.15, 0.2) is 31.0 Å². The molecule has 19 heavy (non-hydrogen) atoms. The van der Waals surface area contributed by atoms with E-state index in [-0.39, 0.29) is 34.0 Å². The van der Waals surface area contributed by atoms with Crippen LogP contribution in [-0.4, -0.2) is 0 Å². The van der Waals surface area contributed by atoms with E-state index in [0.717, 1.165) is 13.0 Å². The SMILES string of the molecule is C=C[n+]1ccc(-c2cc[n+](CCC)cc2)cc1.[Br-].[Br-]. The summed E-state index contributed by atoms with van der Waals surface area (Å²) < 4.78 is 4.14. The first-order valence-electron chi connectivity index (χ1n) is 5.96. The van der Waals surface area contributed by atoms with Gasteiger partial charge in [-0.15, -0.1) is 0 Å². The summed E-state index contributed by atoms with van der Waals surface area (Å²) in [6.07, 6.45) is 11.2. The largest absolute Gasteiger partial charge is 1.00 e. The maximum absolute atomic E-state index is 3.73. The summed E-state index contributed by atoms with van der Waals surface area (Å²) in [5.74, 6) is 0. The Morgan fingerprint density at radius 3 is 1.84 bits per heavy atom. The minimum absolute atomic E-state index is 0. The van der Waals surface area contributed by atoms with Crippen LogP contribution in [0.1, 0.15) is 13.3 Å². The van der Waals surface area contributed by atoms with Crippen LogP contribution >= 0.6 is 0 Å². The van der Waals surface area contributed by atoms with Gasteiger partial charge in [0.2, 0.25) is 0 Å². The normalized spacial score (nSPS) is 9.11. The third-order valence-corrected chi connectivity index (χ3v) is 2.77. The number of pyridine rings is 2. The van der Waals surface area contributed by atoms with Crippen molar-refractivity contribution < 1.29 is 43.1 Å². The van der Waals surface area contributed by atoms with Gasteiger partial charge in [-0.1, -0.05) is 6.92 Å². The van der Waals surface area contributed by atoms with E-state index in [0.29, 0.717) is 0 Å². The fourth-order valence-electron chi connectivity index (χ4n) is 1.81. The molecule has 0 radical (unpaired) electrons. The average molecular weight is 386 g/mol. The highest BCUT2D eigenvalue weighted by molar-refractivity contribution is 5.61. The van der Waals surface area contributed by atoms with Crippen LogP contribution in [0.4, 0.5) is 0 Å². The van der Waals surface area contributed by atoms with E-state index in [2.05, 4.69) is 54.7 Å². The first-order valence-corrected chi connectivity index (χ1v) is 5.96. The van der Waals surface area contributed by atoms with Crippen molar-refractivity contribution >= 4 is 6.20 Å². The van der Waals surface area contributed by atoms with Crippen molar-refractivity contribution in [1.29, 1.82) is 0 Å². The zero-order chi connectivity index (χ0) is 12.1. The Kier molecular flexibility index (Phi) is 8.52. The van der Waals surface area contributed by atoms with Crippen LogP contribution in [0.2, 0.25) is 0 Å². The number of hydrogen-bond donors (Lipinski definition) is 0. The van der Waals surface area contributed by atoms with Gasteiger partial charge in [-0.25, -0.2) is 4.57 Å². The molecule has 0 fully saturated rings. The van der Waals surface area contributed by atoms with Crippen molar-refractivity contribution in [2.45, 2.75) is 19.9 Å². The average Bonchev–Trinajstić information content (AvgIpc) is 2.40. The molecule has 0 aliphatic rings. The predicted octanol–water partition coefficient (Wildman–Crippen LogP) is -3.55. The minimum atomic E-state index is 0. The van der Waals surface area contributed by atoms with Crippen molar-refractivity contribution in [1.82, 2.24) is 0 Å². The van der Waals surface area contributed by atoms with E-state index >= 15 is 0 Å². The molecule has 0 aliphatic carbocycles. The second-order valence-electron chi connectivity index (χ2n) is 4.04. The van der Waals surface area contributed by atoms with E-state index in [1.807, 2.05) is 17.0 Å². The molecule has 0 atom stereocenters. The first-order chi connectivity index (χ1) is 8.33. The maximum Gasteiger partial charge on any atom is 0.175 e. The fraction of sp³-hybridized carbons (Fsp3) is 0.200. The van der Waals surface area contributed by atoms with E-state index in [1.165, 1.54) is 11.1 Å². The summed E-state index contributed by atoms with van der Waals surface area (Å²) in [5, 5.41) is 0. The molecule has 0 unspecified atom stereocenters. The smallest absolute Gasteiger partial charge is 0.175 e. The molecule has 0 saturated carbocycles. The molecular formula is C15H18Br2N2. The lowest BCUT2D eigenvalue weighted by Crippen LogP contribution is -3.00. The molecule has 2 heterocycles. The number of hydrogen-bond acceptors (Lipinski definition) is 0. The van der Waals surface area contributed by atoms with Gasteiger partial charge in [0, 0.05) is 30.7 Å². The lowest BCUT2D eigenvalue weighted by molar-refractivity contribution is -0.696. The quantitative estimate of drug-likeness (QED) is 0.481. The molecule has 102 valence electrons. The second-order valence-corrected chi connectivity index (χ2v) is 4.04. The lowest BCUT2D eigenvalue weighted by Gasteiger charge is -1.99. The van der Waals surface area contributed by atoms with Gasteiger partial charge in [-0.2, -0.15) is 4.57 Å². The Balaban J connectivity index is 0.00000162. The van der Waals surface area contributed by atoms with E-state index < -0.39 is 0 Å². The molecule has 0 spiro atoms. The molecular weight excluding hydrogens is 368 g/mol. The summed E-state index contributed by atoms with van der Waals surface area (Å²) in [4.78, 5) is 0. The van der Waals surface area contributed by atoms with Crippen molar-refractivity contribution in [3.05, 3.63) is 55.6 Å². The van der Waals surface area contributed by atoms with Gasteiger partial charge in [0.1, 0.15) is 6.54 Å². The van der Waals surface area contributed by atoms with Crippen LogP contribution in [0.5, 0.6) is 0 Å². The number of halogens is 2. The molecule has 2 nitrogen and oxygen atoms in total. The Labute approximate surface area is 136 Å². The van der Waals surface area contributed by atoms with Crippen LogP contribution in [0.3, 0.4) is 0 Å². The molecule has 2 rings (SSSR count). The zero-order valence-corrected chi connectivity index (χ0v) is 14.1. The maximum atomic E-state index is 3.73. The summed E-state index contributed by atoms with van der Waals surface area (Å²) in [7, 11) is 0. The van der Waals surface area contributed by atoms with Crippen molar-refractivity contribution in [3.8, 4) is 11.1 Å². The van der Waals surface area contributed by atoms with Gasteiger partial charge in [0.25, 0.3) is 0 Å². The number of nitrogens with zero attached hydrogens (tertiary/aromatic N) is 2. The predicted molar refractivity (Wildman–Crippen MR) is 68.9 cm³/mol. The summed E-state index contributed by atoms with van der Waals surface area (Å²) in [6.45, 7) is 6.99. The van der Waals surface area contributed by atoms with Crippen LogP contribution in [-0.2, 0) is 6.54 Å². The number of rotatable bonds is 4. The van der Waals surface area contributed by atoms with Crippen LogP contribution in [0.25, 0.3) is 17.3 Å². The summed E-state index contributed by atoms with van der Waals surface area (Å²) in [5.41, 5.74) is 2.47. The zero-order valence-electron chi connectivity index (χ0n) is 11.0. The Morgan fingerprint density at radius 2 is 1.42 bits per heavy atom. The van der Waals surface area contributed by atoms with Gasteiger partial charge < -0.3 is 34.0 Å². The first kappa shape index (κ1) is 18.0. The van der Waals surface area contributed by atoms with Crippen LogP contribution in [0.15, 0.2) is 55.6 Å². The van der Waals surface area contributed by atoms with E-state index in [4.69, 9.17) is 0 Å². The Bertz CT molecular complexity index is 493. The van der Waals surface area contributed by atoms with Gasteiger partial charge >= 0.3 is 0 Å². The molecule has 0 amide bonds. The van der Waals surface area contributed by atoms with Gasteiger partial charge in [-0.3, -0.25) is 0 Å². The summed E-state index contributed by atoms with van der Waals surface area (Å²) in [6, 6.07) is 8.51. The number of aryl methyl sites for hydroxylation is 1. The fourth-order valence-corrected chi connectivity index (χ4v) is 1.81. The molecule has 2 aromatic rings. The topological polar surface area (TPSA) is 7.76 Å².